The number of aromatic nitrogens is 1. The number of hydrogen-bond acceptors (Lipinski definition) is 4. The molecule has 0 saturated heterocycles. The average Bonchev–Trinajstić information content (AvgIpc) is 3.11. The van der Waals surface area contributed by atoms with E-state index in [1.807, 2.05) is 20.8 Å². The highest BCUT2D eigenvalue weighted by molar-refractivity contribution is 7.09. The Labute approximate surface area is 173 Å². The number of carbonyl (C=O) groups is 1. The van der Waals surface area contributed by atoms with Gasteiger partial charge in [0.1, 0.15) is 0 Å². The van der Waals surface area contributed by atoms with Crippen molar-refractivity contribution in [2.45, 2.75) is 71.1 Å². The number of aliphatic imine (C=N–C) groups is 1. The van der Waals surface area contributed by atoms with Gasteiger partial charge in [0.05, 0.1) is 5.01 Å². The van der Waals surface area contributed by atoms with Gasteiger partial charge in [-0.15, -0.1) is 11.3 Å². The van der Waals surface area contributed by atoms with Crippen LogP contribution in [0.25, 0.3) is 0 Å². The molecular weight excluding hydrogens is 403 g/mol. The summed E-state index contributed by atoms with van der Waals surface area (Å²) in [6.07, 6.45) is -0.514. The topological polar surface area (TPSA) is 78.4 Å². The van der Waals surface area contributed by atoms with Crippen molar-refractivity contribution in [3.63, 3.8) is 0 Å². The minimum atomic E-state index is -4.41. The molecule has 2 atom stereocenters. The van der Waals surface area contributed by atoms with Crippen molar-refractivity contribution in [3.05, 3.63) is 16.1 Å². The van der Waals surface area contributed by atoms with Gasteiger partial charge in [0.25, 0.3) is 0 Å². The van der Waals surface area contributed by atoms with Gasteiger partial charge in [0, 0.05) is 42.9 Å². The molecule has 2 rings (SSSR count). The van der Waals surface area contributed by atoms with Crippen molar-refractivity contribution in [3.8, 4) is 0 Å². The van der Waals surface area contributed by atoms with Crippen molar-refractivity contribution in [2.75, 3.05) is 13.1 Å². The zero-order valence-corrected chi connectivity index (χ0v) is 17.9. The van der Waals surface area contributed by atoms with E-state index in [1.165, 1.54) is 0 Å². The Bertz CT molecular complexity index is 690. The second kappa shape index (κ2) is 10.8. The third kappa shape index (κ3) is 7.83. The molecule has 1 heterocycles. The molecule has 1 amide bonds. The summed E-state index contributed by atoms with van der Waals surface area (Å²) >= 11 is 1.000. The van der Waals surface area contributed by atoms with E-state index in [0.717, 1.165) is 42.4 Å². The Morgan fingerprint density at radius 2 is 2.14 bits per heavy atom. The lowest BCUT2D eigenvalue weighted by Crippen LogP contribution is -2.47. The summed E-state index contributed by atoms with van der Waals surface area (Å²) in [4.78, 5) is 20.4. The fraction of sp³-hybridized carbons (Fsp3) is 0.737. The number of carbonyl (C=O) groups excluding carboxylic acids is 1. The second-order valence-corrected chi connectivity index (χ2v) is 8.45. The van der Waals surface area contributed by atoms with Crippen LogP contribution in [0.5, 0.6) is 0 Å². The van der Waals surface area contributed by atoms with Crippen LogP contribution in [0.15, 0.2) is 10.4 Å². The first kappa shape index (κ1) is 23.4. The van der Waals surface area contributed by atoms with Crippen LogP contribution in [0, 0.1) is 5.92 Å². The van der Waals surface area contributed by atoms with Gasteiger partial charge in [-0.3, -0.25) is 9.79 Å². The minimum Gasteiger partial charge on any atom is -0.357 e. The van der Waals surface area contributed by atoms with E-state index in [9.17, 15) is 18.0 Å². The summed E-state index contributed by atoms with van der Waals surface area (Å²) < 4.78 is 37.9. The smallest absolute Gasteiger partial charge is 0.357 e. The van der Waals surface area contributed by atoms with Crippen molar-refractivity contribution >= 4 is 23.2 Å². The standard InChI is InChI=1S/C19H30F3N5OS/c1-4-23-18(24-9-8-16-27-15(11-29-16)19(20,21)22)26-14-7-5-6-13(10-14)17(28)25-12(2)3/h11-14H,4-10H2,1-3H3,(H,25,28)(H2,23,24,26). The summed E-state index contributed by atoms with van der Waals surface area (Å²) in [5.74, 6) is 0.704. The molecule has 0 aliphatic heterocycles. The zero-order valence-electron chi connectivity index (χ0n) is 17.1. The first-order chi connectivity index (χ1) is 13.7. The van der Waals surface area contributed by atoms with E-state index in [0.29, 0.717) is 30.5 Å². The lowest BCUT2D eigenvalue weighted by atomic mass is 9.85. The third-order valence-electron chi connectivity index (χ3n) is 4.60. The van der Waals surface area contributed by atoms with E-state index >= 15 is 0 Å². The molecule has 3 N–H and O–H groups in total. The minimum absolute atomic E-state index is 0.0114. The van der Waals surface area contributed by atoms with Crippen LogP contribution in [-0.2, 0) is 17.4 Å². The van der Waals surface area contributed by atoms with Crippen molar-refractivity contribution in [1.82, 2.24) is 20.9 Å². The molecule has 6 nitrogen and oxygen atoms in total. The van der Waals surface area contributed by atoms with E-state index < -0.39 is 11.9 Å². The van der Waals surface area contributed by atoms with E-state index in [1.54, 1.807) is 0 Å². The number of guanidine groups is 1. The van der Waals surface area contributed by atoms with Gasteiger partial charge in [-0.1, -0.05) is 6.42 Å². The molecule has 1 aliphatic rings. The Hall–Kier alpha value is -1.84. The lowest BCUT2D eigenvalue weighted by molar-refractivity contribution is -0.140. The van der Waals surface area contributed by atoms with Crippen LogP contribution >= 0.6 is 11.3 Å². The molecule has 1 saturated carbocycles. The number of thiazole rings is 1. The molecule has 1 fully saturated rings. The van der Waals surface area contributed by atoms with Crippen LogP contribution in [0.4, 0.5) is 13.2 Å². The monoisotopic (exact) mass is 433 g/mol. The molecule has 1 aromatic rings. The molecule has 1 aliphatic carbocycles. The number of nitrogens with zero attached hydrogens (tertiary/aromatic N) is 2. The van der Waals surface area contributed by atoms with Crippen molar-refractivity contribution in [1.29, 1.82) is 0 Å². The van der Waals surface area contributed by atoms with Gasteiger partial charge in [-0.2, -0.15) is 13.2 Å². The van der Waals surface area contributed by atoms with Gasteiger partial charge >= 0.3 is 6.18 Å². The normalized spacial score (nSPS) is 20.6. The fourth-order valence-electron chi connectivity index (χ4n) is 3.29. The number of nitrogens with one attached hydrogen (secondary N) is 3. The SMILES string of the molecule is CCNC(=NCCc1nc(C(F)(F)F)cs1)NC1CCCC(C(=O)NC(C)C)C1. The highest BCUT2D eigenvalue weighted by Crippen LogP contribution is 2.30. The van der Waals surface area contributed by atoms with Gasteiger partial charge in [0.15, 0.2) is 11.7 Å². The Morgan fingerprint density at radius 3 is 2.76 bits per heavy atom. The summed E-state index contributed by atoms with van der Waals surface area (Å²) in [6.45, 7) is 6.86. The Balaban J connectivity index is 1.89. The molecule has 0 radical (unpaired) electrons. The maximum atomic E-state index is 12.6. The average molecular weight is 434 g/mol. The quantitative estimate of drug-likeness (QED) is 0.455. The predicted octanol–water partition coefficient (Wildman–Crippen LogP) is 3.34. The lowest BCUT2D eigenvalue weighted by Gasteiger charge is -2.30. The molecule has 0 spiro atoms. The van der Waals surface area contributed by atoms with Gasteiger partial charge in [0.2, 0.25) is 5.91 Å². The fourth-order valence-corrected chi connectivity index (χ4v) is 4.09. The number of alkyl halides is 3. The molecule has 164 valence electrons. The highest BCUT2D eigenvalue weighted by atomic mass is 32.1. The molecule has 2 unspecified atom stereocenters. The Morgan fingerprint density at radius 1 is 1.38 bits per heavy atom. The summed E-state index contributed by atoms with van der Waals surface area (Å²) in [7, 11) is 0. The largest absolute Gasteiger partial charge is 0.434 e. The molecule has 0 aromatic carbocycles. The Kier molecular flexibility index (Phi) is 8.73. The molecule has 0 bridgehead atoms. The molecule has 10 heteroatoms. The predicted molar refractivity (Wildman–Crippen MR) is 109 cm³/mol. The van der Waals surface area contributed by atoms with Gasteiger partial charge in [-0.05, 0) is 40.0 Å². The maximum absolute atomic E-state index is 12.6. The third-order valence-corrected chi connectivity index (χ3v) is 5.51. The van der Waals surface area contributed by atoms with Gasteiger partial charge in [-0.25, -0.2) is 4.98 Å². The van der Waals surface area contributed by atoms with E-state index in [-0.39, 0.29) is 23.9 Å². The van der Waals surface area contributed by atoms with Crippen LogP contribution in [-0.4, -0.2) is 42.0 Å². The molecule has 29 heavy (non-hydrogen) atoms. The highest BCUT2D eigenvalue weighted by Gasteiger charge is 2.33. The number of rotatable bonds is 7. The zero-order chi connectivity index (χ0) is 21.4. The molecule has 1 aromatic heterocycles. The first-order valence-corrected chi connectivity index (χ1v) is 10.9. The van der Waals surface area contributed by atoms with Crippen molar-refractivity contribution < 1.29 is 18.0 Å². The maximum Gasteiger partial charge on any atom is 0.434 e. The van der Waals surface area contributed by atoms with Gasteiger partial charge < -0.3 is 16.0 Å². The number of halogens is 3. The molecular formula is C19H30F3N5OS. The van der Waals surface area contributed by atoms with Crippen LogP contribution in [0.2, 0.25) is 0 Å². The summed E-state index contributed by atoms with van der Waals surface area (Å²) in [6, 6.07) is 0.264. The number of amides is 1. The summed E-state index contributed by atoms with van der Waals surface area (Å²) in [5.41, 5.74) is -0.848. The second-order valence-electron chi connectivity index (χ2n) is 7.50. The van der Waals surface area contributed by atoms with Crippen LogP contribution in [0.1, 0.15) is 57.2 Å². The summed E-state index contributed by atoms with van der Waals surface area (Å²) in [5, 5.41) is 11.0. The van der Waals surface area contributed by atoms with E-state index in [4.69, 9.17) is 0 Å². The number of hydrogen-bond donors (Lipinski definition) is 3. The first-order valence-electron chi connectivity index (χ1n) is 10.1. The van der Waals surface area contributed by atoms with Crippen LogP contribution < -0.4 is 16.0 Å². The van der Waals surface area contributed by atoms with Crippen LogP contribution in [0.3, 0.4) is 0 Å². The van der Waals surface area contributed by atoms with E-state index in [2.05, 4.69) is 25.9 Å². The van der Waals surface area contributed by atoms with Crippen molar-refractivity contribution in [2.24, 2.45) is 10.9 Å².